The predicted octanol–water partition coefficient (Wildman–Crippen LogP) is -0.192. The van der Waals surface area contributed by atoms with Crippen LogP contribution in [0.2, 0.25) is 0 Å². The van der Waals surface area contributed by atoms with Gasteiger partial charge in [0.1, 0.15) is 6.54 Å². The summed E-state index contributed by atoms with van der Waals surface area (Å²) in [6.45, 7) is 3.04. The summed E-state index contributed by atoms with van der Waals surface area (Å²) >= 11 is 0. The Morgan fingerprint density at radius 2 is 2.33 bits per heavy atom. The van der Waals surface area contributed by atoms with E-state index in [1.54, 1.807) is 6.92 Å². The zero-order valence-corrected chi connectivity index (χ0v) is 9.04. The van der Waals surface area contributed by atoms with Crippen LogP contribution in [0.4, 0.5) is 0 Å². The lowest BCUT2D eigenvalue weighted by atomic mass is 10.1. The summed E-state index contributed by atoms with van der Waals surface area (Å²) in [5, 5.41) is 5.76. The quantitative estimate of drug-likeness (QED) is 0.622. The topological polar surface area (TPSA) is 67.4 Å². The van der Waals surface area contributed by atoms with Crippen LogP contribution < -0.4 is 10.6 Å². The third kappa shape index (κ3) is 4.78. The Balaban J connectivity index is 2.10. The minimum absolute atomic E-state index is 0.0284. The van der Waals surface area contributed by atoms with Crippen molar-refractivity contribution in [2.45, 2.75) is 32.2 Å². The van der Waals surface area contributed by atoms with Gasteiger partial charge in [-0.25, -0.2) is 0 Å². The van der Waals surface area contributed by atoms with Gasteiger partial charge in [0.05, 0.1) is 6.61 Å². The van der Waals surface area contributed by atoms with Crippen molar-refractivity contribution in [3.05, 3.63) is 0 Å². The van der Waals surface area contributed by atoms with E-state index in [0.717, 1.165) is 19.4 Å². The minimum Gasteiger partial charge on any atom is -0.465 e. The number of hydrogen-bond donors (Lipinski definition) is 2. The van der Waals surface area contributed by atoms with Crippen LogP contribution in [0.1, 0.15) is 26.2 Å². The van der Waals surface area contributed by atoms with Gasteiger partial charge < -0.3 is 15.4 Å². The minimum atomic E-state index is -0.384. The summed E-state index contributed by atoms with van der Waals surface area (Å²) < 4.78 is 4.69. The first-order valence-electron chi connectivity index (χ1n) is 5.38. The standard InChI is InChI=1S/C10H18N2O3/c1-2-15-10(14)7-12-9(13)6-8-4-3-5-11-8/h8,11H,2-7H2,1H3,(H,12,13). The van der Waals surface area contributed by atoms with Gasteiger partial charge in [0.2, 0.25) is 5.91 Å². The lowest BCUT2D eigenvalue weighted by molar-refractivity contribution is -0.143. The normalized spacial score (nSPS) is 19.9. The SMILES string of the molecule is CCOC(=O)CNC(=O)CC1CCCN1. The molecule has 5 nitrogen and oxygen atoms in total. The highest BCUT2D eigenvalue weighted by Gasteiger charge is 2.17. The first-order chi connectivity index (χ1) is 7.22. The number of rotatable bonds is 5. The van der Waals surface area contributed by atoms with E-state index in [-0.39, 0.29) is 24.5 Å². The van der Waals surface area contributed by atoms with Crippen molar-refractivity contribution in [1.29, 1.82) is 0 Å². The van der Waals surface area contributed by atoms with E-state index in [9.17, 15) is 9.59 Å². The van der Waals surface area contributed by atoms with Crippen molar-refractivity contribution in [3.63, 3.8) is 0 Å². The van der Waals surface area contributed by atoms with Crippen molar-refractivity contribution in [1.82, 2.24) is 10.6 Å². The highest BCUT2D eigenvalue weighted by molar-refractivity contribution is 5.82. The first-order valence-corrected chi connectivity index (χ1v) is 5.38. The molecule has 15 heavy (non-hydrogen) atoms. The van der Waals surface area contributed by atoms with E-state index in [0.29, 0.717) is 13.0 Å². The second kappa shape index (κ2) is 6.40. The average molecular weight is 214 g/mol. The van der Waals surface area contributed by atoms with Gasteiger partial charge in [-0.2, -0.15) is 0 Å². The molecular formula is C10H18N2O3. The molecule has 0 aliphatic carbocycles. The molecule has 2 N–H and O–H groups in total. The summed E-state index contributed by atoms with van der Waals surface area (Å²) in [5.41, 5.74) is 0. The molecule has 1 atom stereocenters. The van der Waals surface area contributed by atoms with Crippen LogP contribution in [0.25, 0.3) is 0 Å². The van der Waals surface area contributed by atoms with Gasteiger partial charge in [0, 0.05) is 12.5 Å². The maximum absolute atomic E-state index is 11.3. The van der Waals surface area contributed by atoms with Crippen molar-refractivity contribution in [2.24, 2.45) is 0 Å². The Bertz CT molecular complexity index is 225. The Labute approximate surface area is 89.6 Å². The second-order valence-electron chi connectivity index (χ2n) is 3.58. The fourth-order valence-corrected chi connectivity index (χ4v) is 1.61. The largest absolute Gasteiger partial charge is 0.465 e. The van der Waals surface area contributed by atoms with Gasteiger partial charge in [-0.15, -0.1) is 0 Å². The molecule has 1 fully saturated rings. The van der Waals surface area contributed by atoms with Crippen LogP contribution in [-0.2, 0) is 14.3 Å². The Morgan fingerprint density at radius 1 is 1.53 bits per heavy atom. The molecule has 1 unspecified atom stereocenters. The van der Waals surface area contributed by atoms with Crippen LogP contribution in [0, 0.1) is 0 Å². The summed E-state index contributed by atoms with van der Waals surface area (Å²) in [4.78, 5) is 22.3. The number of hydrogen-bond acceptors (Lipinski definition) is 4. The number of ether oxygens (including phenoxy) is 1. The Kier molecular flexibility index (Phi) is 5.10. The van der Waals surface area contributed by atoms with Crippen LogP contribution in [0.5, 0.6) is 0 Å². The van der Waals surface area contributed by atoms with Crippen molar-refractivity contribution >= 4 is 11.9 Å². The number of carbonyl (C=O) groups is 2. The molecule has 5 heteroatoms. The smallest absolute Gasteiger partial charge is 0.325 e. The zero-order chi connectivity index (χ0) is 11.1. The van der Waals surface area contributed by atoms with Crippen LogP contribution >= 0.6 is 0 Å². The van der Waals surface area contributed by atoms with Crippen LogP contribution in [-0.4, -0.2) is 37.6 Å². The molecule has 86 valence electrons. The number of nitrogens with one attached hydrogen (secondary N) is 2. The van der Waals surface area contributed by atoms with Gasteiger partial charge >= 0.3 is 5.97 Å². The number of esters is 1. The lowest BCUT2D eigenvalue weighted by Crippen LogP contribution is -2.35. The van der Waals surface area contributed by atoms with Gasteiger partial charge in [-0.05, 0) is 26.3 Å². The molecule has 0 aromatic carbocycles. The first kappa shape index (κ1) is 12.0. The Morgan fingerprint density at radius 3 is 2.93 bits per heavy atom. The van der Waals surface area contributed by atoms with E-state index >= 15 is 0 Å². The summed E-state index contributed by atoms with van der Waals surface area (Å²) in [5.74, 6) is -0.479. The highest BCUT2D eigenvalue weighted by atomic mass is 16.5. The molecule has 1 amide bonds. The molecule has 0 aromatic heterocycles. The van der Waals surface area contributed by atoms with Gasteiger partial charge in [0.15, 0.2) is 0 Å². The highest BCUT2D eigenvalue weighted by Crippen LogP contribution is 2.07. The van der Waals surface area contributed by atoms with E-state index in [1.165, 1.54) is 0 Å². The molecule has 0 spiro atoms. The van der Waals surface area contributed by atoms with Gasteiger partial charge in [-0.1, -0.05) is 0 Å². The second-order valence-corrected chi connectivity index (χ2v) is 3.58. The summed E-state index contributed by atoms with van der Waals surface area (Å²) in [7, 11) is 0. The Hall–Kier alpha value is -1.10. The third-order valence-corrected chi connectivity index (χ3v) is 2.33. The molecule has 0 aromatic rings. The molecule has 1 rings (SSSR count). The van der Waals surface area contributed by atoms with E-state index < -0.39 is 0 Å². The zero-order valence-electron chi connectivity index (χ0n) is 9.04. The number of carbonyl (C=O) groups excluding carboxylic acids is 2. The van der Waals surface area contributed by atoms with Crippen molar-refractivity contribution < 1.29 is 14.3 Å². The van der Waals surface area contributed by atoms with Crippen LogP contribution in [0.3, 0.4) is 0 Å². The molecule has 1 saturated heterocycles. The van der Waals surface area contributed by atoms with E-state index in [2.05, 4.69) is 10.6 Å². The number of amides is 1. The maximum atomic E-state index is 11.3. The molecule has 0 radical (unpaired) electrons. The fourth-order valence-electron chi connectivity index (χ4n) is 1.61. The molecular weight excluding hydrogens is 196 g/mol. The summed E-state index contributed by atoms with van der Waals surface area (Å²) in [6.07, 6.45) is 2.60. The fraction of sp³-hybridized carbons (Fsp3) is 0.800. The molecule has 1 aliphatic heterocycles. The molecule has 1 heterocycles. The molecule has 1 aliphatic rings. The third-order valence-electron chi connectivity index (χ3n) is 2.33. The van der Waals surface area contributed by atoms with Crippen LogP contribution in [0.15, 0.2) is 0 Å². The molecule has 0 bridgehead atoms. The van der Waals surface area contributed by atoms with Gasteiger partial charge in [-0.3, -0.25) is 9.59 Å². The van der Waals surface area contributed by atoms with E-state index in [4.69, 9.17) is 4.74 Å². The lowest BCUT2D eigenvalue weighted by Gasteiger charge is -2.09. The summed E-state index contributed by atoms with van der Waals surface area (Å²) in [6, 6.07) is 0.271. The van der Waals surface area contributed by atoms with Crippen molar-refractivity contribution in [2.75, 3.05) is 19.7 Å². The molecule has 0 saturated carbocycles. The van der Waals surface area contributed by atoms with Crippen molar-refractivity contribution in [3.8, 4) is 0 Å². The predicted molar refractivity (Wildman–Crippen MR) is 55.3 cm³/mol. The average Bonchev–Trinajstić information content (AvgIpc) is 2.68. The monoisotopic (exact) mass is 214 g/mol. The maximum Gasteiger partial charge on any atom is 0.325 e. The van der Waals surface area contributed by atoms with Gasteiger partial charge in [0.25, 0.3) is 0 Å². The van der Waals surface area contributed by atoms with E-state index in [1.807, 2.05) is 0 Å².